The van der Waals surface area contributed by atoms with Gasteiger partial charge in [0.2, 0.25) is 11.8 Å². The van der Waals surface area contributed by atoms with Gasteiger partial charge in [0.15, 0.2) is 0 Å². The van der Waals surface area contributed by atoms with Gasteiger partial charge in [0.25, 0.3) is 0 Å². The first-order chi connectivity index (χ1) is 11.5. The van der Waals surface area contributed by atoms with Crippen molar-refractivity contribution >= 4 is 22.6 Å². The molecule has 0 unspecified atom stereocenters. The number of aromatic nitrogens is 2. The minimum atomic E-state index is 0.0731. The lowest BCUT2D eigenvalue weighted by molar-refractivity contribution is 0.224. The van der Waals surface area contributed by atoms with Gasteiger partial charge in [-0.1, -0.05) is 66.8 Å². The van der Waals surface area contributed by atoms with Crippen LogP contribution < -0.4 is 9.47 Å². The zero-order valence-electron chi connectivity index (χ0n) is 14.8. The van der Waals surface area contributed by atoms with Crippen LogP contribution in [-0.2, 0) is 17.5 Å². The Hall–Kier alpha value is -1.37. The molecule has 2 aromatic rings. The minimum Gasteiger partial charge on any atom is -0.474 e. The number of hydrogen-bond donors (Lipinski definition) is 0. The molecule has 1 aromatic carbocycles. The molecule has 0 aliphatic carbocycles. The SMILES string of the molecule is CC(C)Cc1nc(OC(C)C)c(CI)nc1OCc1ccccc1. The van der Waals surface area contributed by atoms with Crippen LogP contribution in [0.15, 0.2) is 30.3 Å². The number of benzene rings is 1. The van der Waals surface area contributed by atoms with E-state index in [9.17, 15) is 0 Å². The molecule has 0 atom stereocenters. The summed E-state index contributed by atoms with van der Waals surface area (Å²) in [7, 11) is 0. The van der Waals surface area contributed by atoms with Crippen LogP contribution >= 0.6 is 22.6 Å². The van der Waals surface area contributed by atoms with Crippen molar-refractivity contribution in [3.8, 4) is 11.8 Å². The summed E-state index contributed by atoms with van der Waals surface area (Å²) in [4.78, 5) is 9.42. The Labute approximate surface area is 158 Å². The van der Waals surface area contributed by atoms with Crippen molar-refractivity contribution in [3.63, 3.8) is 0 Å². The van der Waals surface area contributed by atoms with Crippen LogP contribution in [0.5, 0.6) is 11.8 Å². The maximum Gasteiger partial charge on any atom is 0.237 e. The summed E-state index contributed by atoms with van der Waals surface area (Å²) in [5.41, 5.74) is 2.82. The first-order valence-electron chi connectivity index (χ1n) is 8.28. The van der Waals surface area contributed by atoms with E-state index >= 15 is 0 Å². The number of nitrogens with zero attached hydrogens (tertiary/aromatic N) is 2. The van der Waals surface area contributed by atoms with Gasteiger partial charge in [-0.15, -0.1) is 0 Å². The predicted molar refractivity (Wildman–Crippen MR) is 105 cm³/mol. The van der Waals surface area contributed by atoms with Crippen molar-refractivity contribution in [1.82, 2.24) is 9.97 Å². The zero-order chi connectivity index (χ0) is 17.5. The number of hydrogen-bond acceptors (Lipinski definition) is 4. The first kappa shape index (κ1) is 19.0. The third kappa shape index (κ3) is 5.61. The third-order valence-corrected chi connectivity index (χ3v) is 3.98. The maximum absolute atomic E-state index is 5.99. The number of halogens is 1. The second-order valence-electron chi connectivity index (χ2n) is 6.40. The molecule has 0 spiro atoms. The molecule has 1 heterocycles. The monoisotopic (exact) mass is 440 g/mol. The van der Waals surface area contributed by atoms with E-state index in [2.05, 4.69) is 36.4 Å². The molecular weight excluding hydrogens is 415 g/mol. The Bertz CT molecular complexity index is 645. The van der Waals surface area contributed by atoms with Crippen LogP contribution in [0.1, 0.15) is 44.6 Å². The summed E-state index contributed by atoms with van der Waals surface area (Å²) in [6, 6.07) is 10.1. The molecule has 0 radical (unpaired) electrons. The fraction of sp³-hybridized carbons (Fsp3) is 0.474. The summed E-state index contributed by atoms with van der Waals surface area (Å²) in [6.07, 6.45) is 0.886. The van der Waals surface area contributed by atoms with E-state index in [0.29, 0.717) is 24.3 Å². The largest absolute Gasteiger partial charge is 0.474 e. The predicted octanol–water partition coefficient (Wildman–Crippen LogP) is 4.98. The van der Waals surface area contributed by atoms with Gasteiger partial charge in [0.05, 0.1) is 6.10 Å². The Morgan fingerprint density at radius 1 is 0.958 bits per heavy atom. The molecule has 0 aliphatic rings. The van der Waals surface area contributed by atoms with Crippen molar-refractivity contribution in [3.05, 3.63) is 47.3 Å². The fourth-order valence-corrected chi connectivity index (χ4v) is 2.73. The molecule has 2 rings (SSSR count). The van der Waals surface area contributed by atoms with Gasteiger partial charge in [-0.05, 0) is 31.7 Å². The number of alkyl halides is 1. The van der Waals surface area contributed by atoms with Crippen LogP contribution in [0.4, 0.5) is 0 Å². The molecule has 0 aliphatic heterocycles. The molecule has 4 nitrogen and oxygen atoms in total. The highest BCUT2D eigenvalue weighted by Crippen LogP contribution is 2.26. The highest BCUT2D eigenvalue weighted by atomic mass is 127. The summed E-state index contributed by atoms with van der Waals surface area (Å²) >= 11 is 2.28. The van der Waals surface area contributed by atoms with Crippen LogP contribution in [-0.4, -0.2) is 16.1 Å². The highest BCUT2D eigenvalue weighted by molar-refractivity contribution is 14.1. The average Bonchev–Trinajstić information content (AvgIpc) is 2.54. The van der Waals surface area contributed by atoms with E-state index in [1.54, 1.807) is 0 Å². The Morgan fingerprint density at radius 3 is 2.21 bits per heavy atom. The molecule has 130 valence electrons. The van der Waals surface area contributed by atoms with Gasteiger partial charge in [-0.2, -0.15) is 0 Å². The van der Waals surface area contributed by atoms with Crippen molar-refractivity contribution in [2.24, 2.45) is 5.92 Å². The second kappa shape index (κ2) is 9.20. The molecule has 0 saturated heterocycles. The molecule has 0 N–H and O–H groups in total. The van der Waals surface area contributed by atoms with Crippen molar-refractivity contribution in [1.29, 1.82) is 0 Å². The standard InChI is InChI=1S/C19H25IN2O2/c1-13(2)10-16-18(23-12-15-8-6-5-7-9-15)22-17(11-20)19(21-16)24-14(3)4/h5-9,13-14H,10-12H2,1-4H3. The summed E-state index contributed by atoms with van der Waals surface area (Å²) in [5.74, 6) is 1.72. The van der Waals surface area contributed by atoms with Gasteiger partial charge in [-0.3, -0.25) is 0 Å². The Morgan fingerprint density at radius 2 is 1.62 bits per heavy atom. The minimum absolute atomic E-state index is 0.0731. The van der Waals surface area contributed by atoms with Crippen molar-refractivity contribution < 1.29 is 9.47 Å². The van der Waals surface area contributed by atoms with Gasteiger partial charge in [0, 0.05) is 4.43 Å². The smallest absolute Gasteiger partial charge is 0.237 e. The quantitative estimate of drug-likeness (QED) is 0.429. The number of rotatable bonds is 8. The second-order valence-corrected chi connectivity index (χ2v) is 7.16. The lowest BCUT2D eigenvalue weighted by atomic mass is 10.1. The van der Waals surface area contributed by atoms with Gasteiger partial charge in [0.1, 0.15) is 18.0 Å². The van der Waals surface area contributed by atoms with E-state index in [0.717, 1.165) is 27.8 Å². The van der Waals surface area contributed by atoms with Gasteiger partial charge < -0.3 is 9.47 Å². The summed E-state index contributed by atoms with van der Waals surface area (Å²) in [5, 5.41) is 0. The van der Waals surface area contributed by atoms with E-state index in [-0.39, 0.29) is 6.10 Å². The lowest BCUT2D eigenvalue weighted by Crippen LogP contribution is -2.13. The van der Waals surface area contributed by atoms with E-state index < -0.39 is 0 Å². The van der Waals surface area contributed by atoms with Crippen molar-refractivity contribution in [2.45, 2.75) is 51.3 Å². The highest BCUT2D eigenvalue weighted by Gasteiger charge is 2.17. The normalized spacial score (nSPS) is 11.1. The van der Waals surface area contributed by atoms with Crippen molar-refractivity contribution in [2.75, 3.05) is 0 Å². The average molecular weight is 440 g/mol. The van der Waals surface area contributed by atoms with Gasteiger partial charge >= 0.3 is 0 Å². The maximum atomic E-state index is 5.99. The molecule has 0 fully saturated rings. The van der Waals surface area contributed by atoms with Crippen LogP contribution in [0.25, 0.3) is 0 Å². The topological polar surface area (TPSA) is 44.2 Å². The molecule has 0 amide bonds. The van der Waals surface area contributed by atoms with Crippen LogP contribution in [0.3, 0.4) is 0 Å². The molecule has 1 aromatic heterocycles. The Balaban J connectivity index is 2.29. The summed E-state index contributed by atoms with van der Waals surface area (Å²) < 4.78 is 12.6. The van der Waals surface area contributed by atoms with E-state index in [1.807, 2.05) is 44.2 Å². The van der Waals surface area contributed by atoms with E-state index in [4.69, 9.17) is 19.4 Å². The fourth-order valence-electron chi connectivity index (χ4n) is 2.24. The van der Waals surface area contributed by atoms with Crippen LogP contribution in [0, 0.1) is 5.92 Å². The van der Waals surface area contributed by atoms with Gasteiger partial charge in [-0.25, -0.2) is 9.97 Å². The molecule has 5 heteroatoms. The Kier molecular flexibility index (Phi) is 7.27. The number of ether oxygens (including phenoxy) is 2. The molecule has 0 bridgehead atoms. The summed E-state index contributed by atoms with van der Waals surface area (Å²) in [6.45, 7) is 8.82. The zero-order valence-corrected chi connectivity index (χ0v) is 16.9. The molecule has 24 heavy (non-hydrogen) atoms. The molecule has 0 saturated carbocycles. The van der Waals surface area contributed by atoms with Crippen LogP contribution in [0.2, 0.25) is 0 Å². The lowest BCUT2D eigenvalue weighted by Gasteiger charge is -2.17. The van der Waals surface area contributed by atoms with E-state index in [1.165, 1.54) is 0 Å². The molecular formula is C19H25IN2O2. The first-order valence-corrected chi connectivity index (χ1v) is 9.81. The third-order valence-electron chi connectivity index (χ3n) is 3.26.